The van der Waals surface area contributed by atoms with Crippen LogP contribution >= 0.6 is 15.9 Å². The average molecular weight is 451 g/mol. The van der Waals surface area contributed by atoms with Crippen molar-refractivity contribution in [3.8, 4) is 23.0 Å². The van der Waals surface area contributed by atoms with E-state index in [9.17, 15) is 4.79 Å². The number of hydrogen-bond acceptors (Lipinski definition) is 4. The largest absolute Gasteiger partial charge is 0.334 e. The number of nitrogens with one attached hydrogen (secondary N) is 1. The molecule has 0 saturated heterocycles. The number of nitrogens with zero attached hydrogens (tertiary/aromatic N) is 3. The maximum atomic E-state index is 12.6. The summed E-state index contributed by atoms with van der Waals surface area (Å²) in [5, 5.41) is 7.04. The normalized spacial score (nSPS) is 10.9. The first-order valence-corrected chi connectivity index (χ1v) is 9.92. The summed E-state index contributed by atoms with van der Waals surface area (Å²) >= 11 is 3.41. The van der Waals surface area contributed by atoms with Gasteiger partial charge in [-0.25, -0.2) is 0 Å². The second-order valence-electron chi connectivity index (χ2n) is 6.75. The summed E-state index contributed by atoms with van der Waals surface area (Å²) in [7, 11) is 0. The minimum atomic E-state index is -0.121. The second kappa shape index (κ2) is 8.05. The van der Waals surface area contributed by atoms with E-state index in [0.29, 0.717) is 17.4 Å². The Morgan fingerprint density at radius 3 is 2.69 bits per heavy atom. The molecule has 2 aromatic carbocycles. The maximum absolute atomic E-state index is 12.6. The number of hydrogen-bond donors (Lipinski definition) is 1. The van der Waals surface area contributed by atoms with E-state index in [2.05, 4.69) is 31.4 Å². The number of benzene rings is 2. The fourth-order valence-electron chi connectivity index (χ4n) is 3.02. The van der Waals surface area contributed by atoms with E-state index in [-0.39, 0.29) is 12.5 Å². The van der Waals surface area contributed by atoms with Crippen molar-refractivity contribution >= 4 is 27.5 Å². The van der Waals surface area contributed by atoms with Crippen molar-refractivity contribution in [2.75, 3.05) is 5.32 Å². The maximum Gasteiger partial charge on any atom is 0.274 e. The van der Waals surface area contributed by atoms with Crippen molar-refractivity contribution in [1.82, 2.24) is 14.7 Å². The Bertz CT molecular complexity index is 1160. The summed E-state index contributed by atoms with van der Waals surface area (Å²) in [6.45, 7) is 4.16. The number of aromatic nitrogens is 3. The van der Waals surface area contributed by atoms with E-state index in [1.807, 2.05) is 74.6 Å². The summed E-state index contributed by atoms with van der Waals surface area (Å²) in [6.07, 6.45) is 1.82. The fourth-order valence-corrected chi connectivity index (χ4v) is 3.29. The standard InChI is InChI=1S/C22H19BrN4O2/c1-14-5-3-6-18(15(14)2)24-20(28)13-27-12-4-7-19(27)22-25-21(26-29-22)16-8-10-17(23)11-9-16/h3-12H,13H2,1-2H3,(H,24,28). The van der Waals surface area contributed by atoms with Crippen LogP contribution in [0.15, 0.2) is 69.8 Å². The van der Waals surface area contributed by atoms with Crippen LogP contribution in [0.4, 0.5) is 5.69 Å². The van der Waals surface area contributed by atoms with Gasteiger partial charge >= 0.3 is 0 Å². The molecule has 1 amide bonds. The van der Waals surface area contributed by atoms with Gasteiger partial charge in [0, 0.05) is 21.9 Å². The number of rotatable bonds is 5. The lowest BCUT2D eigenvalue weighted by Gasteiger charge is -2.11. The highest BCUT2D eigenvalue weighted by atomic mass is 79.9. The topological polar surface area (TPSA) is 73.0 Å². The molecule has 1 N–H and O–H groups in total. The highest BCUT2D eigenvalue weighted by Crippen LogP contribution is 2.24. The van der Waals surface area contributed by atoms with Gasteiger partial charge in [-0.15, -0.1) is 0 Å². The number of anilines is 1. The van der Waals surface area contributed by atoms with Crippen molar-refractivity contribution in [3.63, 3.8) is 0 Å². The molecule has 0 aliphatic rings. The lowest BCUT2D eigenvalue weighted by atomic mass is 10.1. The van der Waals surface area contributed by atoms with Gasteiger partial charge in [-0.05, 0) is 67.4 Å². The van der Waals surface area contributed by atoms with Crippen molar-refractivity contribution < 1.29 is 9.32 Å². The number of amides is 1. The van der Waals surface area contributed by atoms with E-state index in [0.717, 1.165) is 26.9 Å². The van der Waals surface area contributed by atoms with Crippen molar-refractivity contribution in [2.24, 2.45) is 0 Å². The minimum absolute atomic E-state index is 0.121. The Balaban J connectivity index is 1.52. The fraction of sp³-hybridized carbons (Fsp3) is 0.136. The highest BCUT2D eigenvalue weighted by molar-refractivity contribution is 9.10. The van der Waals surface area contributed by atoms with E-state index < -0.39 is 0 Å². The molecule has 0 atom stereocenters. The molecule has 0 aliphatic heterocycles. The summed E-state index contributed by atoms with van der Waals surface area (Å²) in [5.41, 5.74) is 4.56. The van der Waals surface area contributed by atoms with Crippen LogP contribution in [0.25, 0.3) is 23.0 Å². The summed E-state index contributed by atoms with van der Waals surface area (Å²) in [5.74, 6) is 0.747. The van der Waals surface area contributed by atoms with Gasteiger partial charge in [0.15, 0.2) is 0 Å². The molecule has 146 valence electrons. The number of aryl methyl sites for hydroxylation is 1. The molecule has 0 aliphatic carbocycles. The zero-order valence-corrected chi connectivity index (χ0v) is 17.6. The Hall–Kier alpha value is -3.19. The Morgan fingerprint density at radius 1 is 1.10 bits per heavy atom. The van der Waals surface area contributed by atoms with Crippen molar-refractivity contribution in [1.29, 1.82) is 0 Å². The second-order valence-corrected chi connectivity index (χ2v) is 7.66. The average Bonchev–Trinajstić information content (AvgIpc) is 3.35. The first kappa shape index (κ1) is 19.1. The third kappa shape index (κ3) is 4.14. The Labute approximate surface area is 176 Å². The molecule has 6 nitrogen and oxygen atoms in total. The molecule has 2 heterocycles. The molecule has 0 spiro atoms. The predicted octanol–water partition coefficient (Wildman–Crippen LogP) is 5.22. The van der Waals surface area contributed by atoms with Crippen LogP contribution in [0.3, 0.4) is 0 Å². The SMILES string of the molecule is Cc1cccc(NC(=O)Cn2cccc2-c2nc(-c3ccc(Br)cc3)no2)c1C. The summed E-state index contributed by atoms with van der Waals surface area (Å²) < 4.78 is 8.21. The third-order valence-electron chi connectivity index (χ3n) is 4.77. The molecule has 2 aromatic heterocycles. The van der Waals surface area contributed by atoms with Gasteiger partial charge in [-0.2, -0.15) is 4.98 Å². The van der Waals surface area contributed by atoms with E-state index in [4.69, 9.17) is 4.52 Å². The smallest absolute Gasteiger partial charge is 0.274 e. The Morgan fingerprint density at radius 2 is 1.90 bits per heavy atom. The lowest BCUT2D eigenvalue weighted by molar-refractivity contribution is -0.116. The molecular formula is C22H19BrN4O2. The van der Waals surface area contributed by atoms with Crippen LogP contribution in [0.2, 0.25) is 0 Å². The minimum Gasteiger partial charge on any atom is -0.334 e. The molecule has 7 heteroatoms. The van der Waals surface area contributed by atoms with E-state index >= 15 is 0 Å². The third-order valence-corrected chi connectivity index (χ3v) is 5.30. The zero-order chi connectivity index (χ0) is 20.4. The Kier molecular flexibility index (Phi) is 5.31. The molecule has 0 bridgehead atoms. The quantitative estimate of drug-likeness (QED) is 0.452. The van der Waals surface area contributed by atoms with Crippen molar-refractivity contribution in [3.05, 3.63) is 76.4 Å². The number of carbonyl (C=O) groups excluding carboxylic acids is 1. The molecule has 0 unspecified atom stereocenters. The number of halogens is 1. The molecule has 0 radical (unpaired) electrons. The van der Waals surface area contributed by atoms with Crippen LogP contribution in [0.1, 0.15) is 11.1 Å². The van der Waals surface area contributed by atoms with Crippen LogP contribution in [-0.2, 0) is 11.3 Å². The van der Waals surface area contributed by atoms with Gasteiger partial charge in [-0.3, -0.25) is 4.79 Å². The summed E-state index contributed by atoms with van der Waals surface area (Å²) in [6, 6.07) is 17.2. The molecule has 0 saturated carbocycles. The van der Waals surface area contributed by atoms with Gasteiger partial charge in [-0.1, -0.05) is 33.2 Å². The van der Waals surface area contributed by atoms with Gasteiger partial charge in [0.25, 0.3) is 5.89 Å². The monoisotopic (exact) mass is 450 g/mol. The van der Waals surface area contributed by atoms with Gasteiger partial charge in [0.2, 0.25) is 11.7 Å². The predicted molar refractivity (Wildman–Crippen MR) is 115 cm³/mol. The van der Waals surface area contributed by atoms with Crippen LogP contribution in [0.5, 0.6) is 0 Å². The molecular weight excluding hydrogens is 432 g/mol. The first-order valence-electron chi connectivity index (χ1n) is 9.12. The molecule has 4 aromatic rings. The molecule has 29 heavy (non-hydrogen) atoms. The van der Waals surface area contributed by atoms with E-state index in [1.165, 1.54) is 0 Å². The zero-order valence-electron chi connectivity index (χ0n) is 16.0. The van der Waals surface area contributed by atoms with Gasteiger partial charge < -0.3 is 14.4 Å². The van der Waals surface area contributed by atoms with Gasteiger partial charge in [0.1, 0.15) is 12.2 Å². The molecule has 0 fully saturated rings. The summed E-state index contributed by atoms with van der Waals surface area (Å²) in [4.78, 5) is 17.1. The van der Waals surface area contributed by atoms with Gasteiger partial charge in [0.05, 0.1) is 0 Å². The number of carbonyl (C=O) groups is 1. The van der Waals surface area contributed by atoms with Crippen LogP contribution < -0.4 is 5.32 Å². The highest BCUT2D eigenvalue weighted by Gasteiger charge is 2.16. The van der Waals surface area contributed by atoms with Crippen LogP contribution in [0, 0.1) is 13.8 Å². The molecule has 4 rings (SSSR count). The van der Waals surface area contributed by atoms with E-state index in [1.54, 1.807) is 4.57 Å². The first-order chi connectivity index (χ1) is 14.0. The lowest BCUT2D eigenvalue weighted by Crippen LogP contribution is -2.19. The van der Waals surface area contributed by atoms with Crippen molar-refractivity contribution in [2.45, 2.75) is 20.4 Å². The van der Waals surface area contributed by atoms with Crippen LogP contribution in [-0.4, -0.2) is 20.6 Å².